The van der Waals surface area contributed by atoms with Crippen molar-refractivity contribution in [3.63, 3.8) is 0 Å². The predicted octanol–water partition coefficient (Wildman–Crippen LogP) is 3.74. The molecule has 0 saturated carbocycles. The molecule has 122 valence electrons. The van der Waals surface area contributed by atoms with Crippen molar-refractivity contribution < 1.29 is 19.0 Å². The number of methoxy groups -OCH3 is 2. The van der Waals surface area contributed by atoms with Crippen molar-refractivity contribution in [1.29, 1.82) is 0 Å². The zero-order chi connectivity index (χ0) is 16.8. The molecule has 0 atom stereocenters. The van der Waals surface area contributed by atoms with Crippen LogP contribution in [0.2, 0.25) is 0 Å². The van der Waals surface area contributed by atoms with Crippen LogP contribution in [0.5, 0.6) is 17.2 Å². The van der Waals surface area contributed by atoms with E-state index in [1.54, 1.807) is 50.6 Å². The Morgan fingerprint density at radius 2 is 1.61 bits per heavy atom. The lowest BCUT2D eigenvalue weighted by Crippen LogP contribution is -2.13. The molecule has 5 heteroatoms. The molecule has 0 spiro atoms. The summed E-state index contributed by atoms with van der Waals surface area (Å²) >= 11 is 0. The lowest BCUT2D eigenvalue weighted by atomic mass is 10.2. The Kier molecular flexibility index (Phi) is 5.46. The van der Waals surface area contributed by atoms with Crippen molar-refractivity contribution in [2.24, 2.45) is 0 Å². The van der Waals surface area contributed by atoms with E-state index >= 15 is 0 Å². The molecular formula is C18H21NO4. The minimum Gasteiger partial charge on any atom is -0.497 e. The van der Waals surface area contributed by atoms with Gasteiger partial charge in [-0.25, -0.2) is 0 Å². The summed E-state index contributed by atoms with van der Waals surface area (Å²) in [6.45, 7) is 3.88. The van der Waals surface area contributed by atoms with E-state index in [2.05, 4.69) is 5.32 Å². The van der Waals surface area contributed by atoms with Crippen molar-refractivity contribution in [2.45, 2.75) is 20.0 Å². The number of hydrogen-bond acceptors (Lipinski definition) is 4. The zero-order valence-electron chi connectivity index (χ0n) is 13.8. The average molecular weight is 315 g/mol. The molecule has 5 nitrogen and oxygen atoms in total. The third-order valence-electron chi connectivity index (χ3n) is 3.08. The summed E-state index contributed by atoms with van der Waals surface area (Å²) in [7, 11) is 3.13. The molecule has 23 heavy (non-hydrogen) atoms. The van der Waals surface area contributed by atoms with E-state index in [0.717, 1.165) is 0 Å². The van der Waals surface area contributed by atoms with Crippen LogP contribution in [-0.4, -0.2) is 26.2 Å². The number of carbonyl (C=O) groups is 1. The quantitative estimate of drug-likeness (QED) is 0.882. The van der Waals surface area contributed by atoms with Crippen molar-refractivity contribution in [2.75, 3.05) is 19.5 Å². The number of carbonyl (C=O) groups excluding carboxylic acids is 1. The van der Waals surface area contributed by atoms with Crippen LogP contribution >= 0.6 is 0 Å². The summed E-state index contributed by atoms with van der Waals surface area (Å²) in [5.41, 5.74) is 1.12. The first kappa shape index (κ1) is 16.7. The van der Waals surface area contributed by atoms with E-state index in [4.69, 9.17) is 14.2 Å². The van der Waals surface area contributed by atoms with Gasteiger partial charge in [0, 0.05) is 29.4 Å². The lowest BCUT2D eigenvalue weighted by molar-refractivity contribution is 0.102. The van der Waals surface area contributed by atoms with Crippen LogP contribution in [0.25, 0.3) is 0 Å². The van der Waals surface area contributed by atoms with Crippen LogP contribution in [0, 0.1) is 0 Å². The standard InChI is InChI=1S/C18H21NO4/c1-12(2)23-15-7-5-6-13(8-15)18(20)19-14-9-16(21-3)11-17(10-14)22-4/h5-12H,1-4H3,(H,19,20). The Morgan fingerprint density at radius 1 is 0.957 bits per heavy atom. The van der Waals surface area contributed by atoms with Gasteiger partial charge in [-0.05, 0) is 32.0 Å². The highest BCUT2D eigenvalue weighted by Gasteiger charge is 2.10. The summed E-state index contributed by atoms with van der Waals surface area (Å²) in [6, 6.07) is 12.3. The minimum absolute atomic E-state index is 0.0518. The Labute approximate surface area is 136 Å². The molecule has 0 aliphatic rings. The second kappa shape index (κ2) is 7.54. The summed E-state index contributed by atoms with van der Waals surface area (Å²) in [5.74, 6) is 1.65. The van der Waals surface area contributed by atoms with Crippen molar-refractivity contribution in [3.05, 3.63) is 48.0 Å². The van der Waals surface area contributed by atoms with Gasteiger partial charge in [-0.1, -0.05) is 6.07 Å². The summed E-state index contributed by atoms with van der Waals surface area (Å²) in [6.07, 6.45) is 0.0518. The van der Waals surface area contributed by atoms with Crippen LogP contribution in [-0.2, 0) is 0 Å². The molecule has 1 amide bonds. The Morgan fingerprint density at radius 3 is 2.17 bits per heavy atom. The van der Waals surface area contributed by atoms with E-state index in [1.165, 1.54) is 0 Å². The van der Waals surface area contributed by atoms with Gasteiger partial charge >= 0.3 is 0 Å². The third-order valence-corrected chi connectivity index (χ3v) is 3.08. The second-order valence-corrected chi connectivity index (χ2v) is 5.25. The maximum Gasteiger partial charge on any atom is 0.255 e. The molecule has 0 saturated heterocycles. The first-order valence-electron chi connectivity index (χ1n) is 7.33. The lowest BCUT2D eigenvalue weighted by Gasteiger charge is -2.12. The number of nitrogens with one attached hydrogen (secondary N) is 1. The predicted molar refractivity (Wildman–Crippen MR) is 89.7 cm³/mol. The van der Waals surface area contributed by atoms with Gasteiger partial charge in [0.2, 0.25) is 0 Å². The maximum absolute atomic E-state index is 12.4. The Balaban J connectivity index is 2.18. The number of anilines is 1. The topological polar surface area (TPSA) is 56.8 Å². The monoisotopic (exact) mass is 315 g/mol. The molecule has 1 N–H and O–H groups in total. The molecule has 0 aromatic heterocycles. The minimum atomic E-state index is -0.227. The Bertz CT molecular complexity index is 660. The van der Waals surface area contributed by atoms with Crippen LogP contribution in [0.15, 0.2) is 42.5 Å². The Hall–Kier alpha value is -2.69. The smallest absolute Gasteiger partial charge is 0.255 e. The largest absolute Gasteiger partial charge is 0.497 e. The average Bonchev–Trinajstić information content (AvgIpc) is 2.54. The van der Waals surface area contributed by atoms with Gasteiger partial charge < -0.3 is 19.5 Å². The first-order chi connectivity index (χ1) is 11.0. The van der Waals surface area contributed by atoms with E-state index in [9.17, 15) is 4.79 Å². The first-order valence-corrected chi connectivity index (χ1v) is 7.33. The fourth-order valence-electron chi connectivity index (χ4n) is 2.07. The van der Waals surface area contributed by atoms with Crippen molar-refractivity contribution in [1.82, 2.24) is 0 Å². The summed E-state index contributed by atoms with van der Waals surface area (Å²) < 4.78 is 16.0. The van der Waals surface area contributed by atoms with E-state index in [0.29, 0.717) is 28.5 Å². The van der Waals surface area contributed by atoms with Gasteiger partial charge in [-0.2, -0.15) is 0 Å². The number of hydrogen-bond donors (Lipinski definition) is 1. The molecule has 2 aromatic rings. The van der Waals surface area contributed by atoms with Gasteiger partial charge in [-0.3, -0.25) is 4.79 Å². The van der Waals surface area contributed by atoms with Crippen LogP contribution in [0.4, 0.5) is 5.69 Å². The van der Waals surface area contributed by atoms with Gasteiger partial charge in [-0.15, -0.1) is 0 Å². The molecule has 0 fully saturated rings. The molecular weight excluding hydrogens is 294 g/mol. The summed E-state index contributed by atoms with van der Waals surface area (Å²) in [5, 5.41) is 2.83. The van der Waals surface area contributed by atoms with Crippen molar-refractivity contribution >= 4 is 11.6 Å². The summed E-state index contributed by atoms with van der Waals surface area (Å²) in [4.78, 5) is 12.4. The SMILES string of the molecule is COc1cc(NC(=O)c2cccc(OC(C)C)c2)cc(OC)c1. The molecule has 2 rings (SSSR count). The van der Waals surface area contributed by atoms with Gasteiger partial charge in [0.25, 0.3) is 5.91 Å². The number of ether oxygens (including phenoxy) is 3. The number of rotatable bonds is 6. The third kappa shape index (κ3) is 4.64. The van der Waals surface area contributed by atoms with Gasteiger partial charge in [0.15, 0.2) is 0 Å². The normalized spacial score (nSPS) is 10.3. The molecule has 0 aliphatic carbocycles. The highest BCUT2D eigenvalue weighted by Crippen LogP contribution is 2.26. The maximum atomic E-state index is 12.4. The second-order valence-electron chi connectivity index (χ2n) is 5.25. The highest BCUT2D eigenvalue weighted by atomic mass is 16.5. The zero-order valence-corrected chi connectivity index (χ0v) is 13.8. The van der Waals surface area contributed by atoms with E-state index in [-0.39, 0.29) is 12.0 Å². The fourth-order valence-corrected chi connectivity index (χ4v) is 2.07. The van der Waals surface area contributed by atoms with Gasteiger partial charge in [0.05, 0.1) is 20.3 Å². The number of amides is 1. The van der Waals surface area contributed by atoms with E-state index in [1.807, 2.05) is 19.9 Å². The highest BCUT2D eigenvalue weighted by molar-refractivity contribution is 6.04. The van der Waals surface area contributed by atoms with E-state index < -0.39 is 0 Å². The molecule has 2 aromatic carbocycles. The number of benzene rings is 2. The molecule has 0 aliphatic heterocycles. The van der Waals surface area contributed by atoms with Crippen LogP contribution in [0.3, 0.4) is 0 Å². The van der Waals surface area contributed by atoms with Crippen LogP contribution in [0.1, 0.15) is 24.2 Å². The van der Waals surface area contributed by atoms with Gasteiger partial charge in [0.1, 0.15) is 17.2 Å². The van der Waals surface area contributed by atoms with Crippen LogP contribution < -0.4 is 19.5 Å². The molecule has 0 heterocycles. The molecule has 0 radical (unpaired) electrons. The molecule has 0 unspecified atom stereocenters. The molecule has 0 bridgehead atoms. The fraction of sp³-hybridized carbons (Fsp3) is 0.278. The van der Waals surface area contributed by atoms with Crippen molar-refractivity contribution in [3.8, 4) is 17.2 Å².